The van der Waals surface area contributed by atoms with E-state index in [1.165, 1.54) is 5.56 Å². The zero-order valence-corrected chi connectivity index (χ0v) is 15.5. The molecule has 0 aliphatic carbocycles. The van der Waals surface area contributed by atoms with Crippen molar-refractivity contribution < 1.29 is 15.4 Å². The zero-order chi connectivity index (χ0) is 19.6. The Morgan fingerprint density at radius 2 is 1.81 bits per heavy atom. The van der Waals surface area contributed by atoms with Crippen molar-refractivity contribution in [3.63, 3.8) is 0 Å². The topological polar surface area (TPSA) is 62.5 Å². The number of carbonyl (C=O) groups excluding carboxylic acids is 1. The lowest BCUT2D eigenvalue weighted by molar-refractivity contribution is -0.123. The van der Waals surface area contributed by atoms with Gasteiger partial charge in [-0.1, -0.05) is 49.7 Å². The van der Waals surface area contributed by atoms with Crippen LogP contribution in [0.2, 0.25) is 0 Å². The molecular formula is C20H28F2N4O. The van der Waals surface area contributed by atoms with E-state index >= 15 is 0 Å². The Labute approximate surface area is 160 Å². The van der Waals surface area contributed by atoms with Crippen LogP contribution < -0.4 is 10.6 Å². The number of hydrogen-bond acceptors (Lipinski definition) is 4. The maximum Gasteiger partial charge on any atom is 0.239 e. The average Bonchev–Trinajstić information content (AvgIpc) is 2.72. The number of benzene rings is 1. The Balaban J connectivity index is 0.00000127. The van der Waals surface area contributed by atoms with Crippen molar-refractivity contribution in [3.8, 4) is 0 Å². The number of piperazine rings is 1. The van der Waals surface area contributed by atoms with Crippen molar-refractivity contribution >= 4 is 11.7 Å². The summed E-state index contributed by atoms with van der Waals surface area (Å²) >= 11 is 0. The molecule has 0 bridgehead atoms. The van der Waals surface area contributed by atoms with Gasteiger partial charge < -0.3 is 10.6 Å². The maximum absolute atomic E-state index is 12.0. The monoisotopic (exact) mass is 378 g/mol. The smallest absolute Gasteiger partial charge is 0.239 e. The molecule has 1 aromatic heterocycles. The summed E-state index contributed by atoms with van der Waals surface area (Å²) < 4.78 is 16.0. The summed E-state index contributed by atoms with van der Waals surface area (Å²) in [5, 5.41) is 0. The summed E-state index contributed by atoms with van der Waals surface area (Å²) in [6, 6.07) is 13.7. The molecule has 0 radical (unpaired) electrons. The molecule has 2 aromatic rings. The van der Waals surface area contributed by atoms with Crippen molar-refractivity contribution in [2.24, 2.45) is 5.73 Å². The van der Waals surface area contributed by atoms with Gasteiger partial charge in [0.05, 0.1) is 0 Å². The molecule has 0 spiro atoms. The van der Waals surface area contributed by atoms with E-state index in [4.69, 9.17) is 14.9 Å². The number of anilines is 1. The van der Waals surface area contributed by atoms with Crippen LogP contribution in [0.15, 0.2) is 48.7 Å². The highest BCUT2D eigenvalue weighted by atomic mass is 20.0. The van der Waals surface area contributed by atoms with Gasteiger partial charge in [-0.05, 0) is 23.6 Å². The first-order valence-corrected chi connectivity index (χ1v) is 9.11. The number of nitrogens with two attached hydrogens (primary N) is 1. The Morgan fingerprint density at radius 3 is 2.33 bits per heavy atom. The fourth-order valence-electron chi connectivity index (χ4n) is 3.44. The van der Waals surface area contributed by atoms with E-state index in [2.05, 4.69) is 33.8 Å². The van der Waals surface area contributed by atoms with Gasteiger partial charge in [-0.2, -0.15) is 0 Å². The van der Waals surface area contributed by atoms with Crippen LogP contribution in [0.4, 0.5) is 15.0 Å². The standard InChI is InChI=1S/C20H26N4O.F2.H2/c1-2-6-16-9-10-18(22-15-16)23-11-13-24(14-12-23)19(20(21)25)17-7-4-3-5-8-17;1-2;/h3-5,7-10,15,19H,2,6,11-14H2,1H3,(H2,21,25);;1H. The Hall–Kier alpha value is -2.54. The highest BCUT2D eigenvalue weighted by molar-refractivity contribution is 5.81. The number of rotatable bonds is 6. The summed E-state index contributed by atoms with van der Waals surface area (Å²) in [6.45, 7) is 5.45. The minimum absolute atomic E-state index is 0. The third-order valence-electron chi connectivity index (χ3n) is 4.74. The fourth-order valence-corrected chi connectivity index (χ4v) is 3.44. The number of primary amides is 1. The molecule has 0 saturated carbocycles. The predicted octanol–water partition coefficient (Wildman–Crippen LogP) is 3.47. The largest absolute Gasteiger partial charge is 0.368 e. The van der Waals surface area contributed by atoms with Crippen molar-refractivity contribution in [2.75, 3.05) is 31.1 Å². The molecule has 2 N–H and O–H groups in total. The highest BCUT2D eigenvalue weighted by Crippen LogP contribution is 2.23. The zero-order valence-electron chi connectivity index (χ0n) is 15.5. The number of aryl methyl sites for hydroxylation is 1. The molecule has 1 amide bonds. The predicted molar refractivity (Wildman–Crippen MR) is 105 cm³/mol. The molecule has 2 heterocycles. The minimum Gasteiger partial charge on any atom is -0.368 e. The molecule has 1 atom stereocenters. The molecule has 27 heavy (non-hydrogen) atoms. The molecule has 1 saturated heterocycles. The van der Waals surface area contributed by atoms with Crippen LogP contribution in [0.1, 0.15) is 31.9 Å². The second-order valence-corrected chi connectivity index (χ2v) is 6.51. The first-order valence-electron chi connectivity index (χ1n) is 9.11. The lowest BCUT2D eigenvalue weighted by Gasteiger charge is -2.38. The van der Waals surface area contributed by atoms with Crippen molar-refractivity contribution in [3.05, 3.63) is 59.8 Å². The van der Waals surface area contributed by atoms with Gasteiger partial charge in [0, 0.05) is 43.0 Å². The second-order valence-electron chi connectivity index (χ2n) is 6.51. The first kappa shape index (κ1) is 20.8. The number of carbonyl (C=O) groups is 1. The third-order valence-corrected chi connectivity index (χ3v) is 4.74. The summed E-state index contributed by atoms with van der Waals surface area (Å²) in [5.74, 6) is 0.719. The summed E-state index contributed by atoms with van der Waals surface area (Å²) in [6.07, 6.45) is 4.17. The maximum atomic E-state index is 12.0. The van der Waals surface area contributed by atoms with E-state index in [9.17, 15) is 4.79 Å². The molecule has 1 aliphatic heterocycles. The van der Waals surface area contributed by atoms with Crippen LogP contribution in [0.3, 0.4) is 0 Å². The van der Waals surface area contributed by atoms with Crippen LogP contribution in [0.5, 0.6) is 0 Å². The minimum atomic E-state index is -0.358. The van der Waals surface area contributed by atoms with Gasteiger partial charge in [-0.15, -0.1) is 0 Å². The van der Waals surface area contributed by atoms with Crippen LogP contribution in [0.25, 0.3) is 0 Å². The number of nitrogens with zero attached hydrogens (tertiary/aromatic N) is 3. The van der Waals surface area contributed by atoms with Crippen LogP contribution in [-0.2, 0) is 11.2 Å². The van der Waals surface area contributed by atoms with E-state index in [0.29, 0.717) is 0 Å². The van der Waals surface area contributed by atoms with E-state index < -0.39 is 0 Å². The van der Waals surface area contributed by atoms with Crippen molar-refractivity contribution in [1.29, 1.82) is 0 Å². The summed E-state index contributed by atoms with van der Waals surface area (Å²) in [7, 11) is 0. The molecular weight excluding hydrogens is 350 g/mol. The third kappa shape index (κ3) is 5.47. The van der Waals surface area contributed by atoms with Gasteiger partial charge in [0.2, 0.25) is 5.91 Å². The van der Waals surface area contributed by atoms with E-state index in [1.807, 2.05) is 36.5 Å². The Bertz CT molecular complexity index is 695. The molecule has 5 nitrogen and oxygen atoms in total. The van der Waals surface area contributed by atoms with E-state index in [0.717, 1.165) is 50.4 Å². The lowest BCUT2D eigenvalue weighted by Crippen LogP contribution is -2.50. The van der Waals surface area contributed by atoms with Gasteiger partial charge in [0.25, 0.3) is 0 Å². The van der Waals surface area contributed by atoms with E-state index in [-0.39, 0.29) is 13.4 Å². The van der Waals surface area contributed by atoms with Gasteiger partial charge in [0.15, 0.2) is 0 Å². The van der Waals surface area contributed by atoms with Crippen LogP contribution in [-0.4, -0.2) is 42.0 Å². The molecule has 1 unspecified atom stereocenters. The Kier molecular flexibility index (Phi) is 8.13. The van der Waals surface area contributed by atoms with Crippen LogP contribution >= 0.6 is 0 Å². The number of aromatic nitrogens is 1. The fraction of sp³-hybridized carbons (Fsp3) is 0.400. The van der Waals surface area contributed by atoms with Gasteiger partial charge in [-0.25, -0.2) is 4.98 Å². The molecule has 1 aromatic carbocycles. The van der Waals surface area contributed by atoms with E-state index in [1.54, 1.807) is 0 Å². The number of pyridine rings is 1. The number of hydrogen-bond donors (Lipinski definition) is 1. The summed E-state index contributed by atoms with van der Waals surface area (Å²) in [5.41, 5.74) is 7.93. The molecule has 1 fully saturated rings. The SMILES string of the molecule is CCCc1ccc(N2CCN(C(C(N)=O)c3ccccc3)CC2)nc1.FF.[HH]. The quantitative estimate of drug-likeness (QED) is 0.836. The molecule has 148 valence electrons. The Morgan fingerprint density at radius 1 is 1.15 bits per heavy atom. The number of amides is 1. The average molecular weight is 378 g/mol. The summed E-state index contributed by atoms with van der Waals surface area (Å²) in [4.78, 5) is 21.0. The molecule has 7 heteroatoms. The molecule has 1 aliphatic rings. The first-order chi connectivity index (χ1) is 13.2. The van der Waals surface area contributed by atoms with Crippen LogP contribution in [0, 0.1) is 0 Å². The van der Waals surface area contributed by atoms with Crippen molar-refractivity contribution in [1.82, 2.24) is 9.88 Å². The second kappa shape index (κ2) is 10.6. The van der Waals surface area contributed by atoms with Gasteiger partial charge >= 0.3 is 0 Å². The normalized spacial score (nSPS) is 15.6. The van der Waals surface area contributed by atoms with Gasteiger partial charge in [0.1, 0.15) is 11.9 Å². The number of halogens is 2. The van der Waals surface area contributed by atoms with Gasteiger partial charge in [-0.3, -0.25) is 9.69 Å². The van der Waals surface area contributed by atoms with Crippen molar-refractivity contribution in [2.45, 2.75) is 25.8 Å². The highest BCUT2D eigenvalue weighted by Gasteiger charge is 2.29. The lowest BCUT2D eigenvalue weighted by atomic mass is 10.0. The molecule has 3 rings (SSSR count).